The molecule has 1 heterocycles. The van der Waals surface area contributed by atoms with Gasteiger partial charge in [-0.3, -0.25) is 9.59 Å². The molecule has 1 N–H and O–H groups in total. The fourth-order valence-electron chi connectivity index (χ4n) is 1.53. The van der Waals surface area contributed by atoms with E-state index in [1.54, 1.807) is 0 Å². The second kappa shape index (κ2) is 4.08. The number of hydrogen-bond acceptors (Lipinski definition) is 2. The number of carbonyl (C=O) groups is 2. The fourth-order valence-corrected chi connectivity index (χ4v) is 1.53. The third-order valence-electron chi connectivity index (χ3n) is 2.13. The summed E-state index contributed by atoms with van der Waals surface area (Å²) in [5.74, 6) is -2.14. The van der Waals surface area contributed by atoms with Crippen molar-refractivity contribution in [2.45, 2.75) is 25.6 Å². The molecule has 0 aromatic heterocycles. The maximum atomic E-state index is 12.0. The lowest BCUT2D eigenvalue weighted by molar-refractivity contribution is -0.184. The van der Waals surface area contributed by atoms with Crippen molar-refractivity contribution in [3.63, 3.8) is 0 Å². The van der Waals surface area contributed by atoms with Gasteiger partial charge in [0.05, 0.1) is 0 Å². The smallest absolute Gasteiger partial charge is 0.352 e. The molecule has 0 spiro atoms. The van der Waals surface area contributed by atoms with E-state index in [2.05, 4.69) is 5.32 Å². The summed E-state index contributed by atoms with van der Waals surface area (Å²) in [5.41, 5.74) is 0. The number of amides is 2. The topological polar surface area (TPSA) is 49.4 Å². The van der Waals surface area contributed by atoms with Gasteiger partial charge in [0.1, 0.15) is 0 Å². The van der Waals surface area contributed by atoms with Gasteiger partial charge in [-0.25, -0.2) is 0 Å². The lowest BCUT2D eigenvalue weighted by Gasteiger charge is -2.17. The summed E-state index contributed by atoms with van der Waals surface area (Å²) < 4.78 is 36.0. The van der Waals surface area contributed by atoms with Gasteiger partial charge in [0.2, 0.25) is 5.91 Å². The average Bonchev–Trinajstić information content (AvgIpc) is 2.48. The van der Waals surface area contributed by atoms with Crippen LogP contribution >= 0.6 is 0 Å². The Bertz CT molecular complexity index is 278. The molecule has 0 aromatic carbocycles. The van der Waals surface area contributed by atoms with E-state index in [-0.39, 0.29) is 25.0 Å². The van der Waals surface area contributed by atoms with Crippen molar-refractivity contribution in [3.05, 3.63) is 0 Å². The Kier molecular flexibility index (Phi) is 3.21. The molecule has 1 fully saturated rings. The van der Waals surface area contributed by atoms with Crippen LogP contribution in [0, 0.1) is 0 Å². The third kappa shape index (κ3) is 3.10. The quantitative estimate of drug-likeness (QED) is 0.695. The number of hydrogen-bond donors (Lipinski definition) is 1. The van der Waals surface area contributed by atoms with Crippen molar-refractivity contribution in [3.8, 4) is 0 Å². The van der Waals surface area contributed by atoms with Crippen molar-refractivity contribution in [1.29, 1.82) is 0 Å². The lowest BCUT2D eigenvalue weighted by Crippen LogP contribution is -2.42. The van der Waals surface area contributed by atoms with Crippen LogP contribution in [0.25, 0.3) is 0 Å². The molecule has 1 atom stereocenters. The normalized spacial score (nSPS) is 21.6. The molecule has 0 radical (unpaired) electrons. The summed E-state index contributed by atoms with van der Waals surface area (Å²) in [6, 6.07) is -0.367. The van der Waals surface area contributed by atoms with Gasteiger partial charge in [0.15, 0.2) is 0 Å². The minimum atomic E-state index is -4.83. The van der Waals surface area contributed by atoms with E-state index in [9.17, 15) is 22.8 Å². The van der Waals surface area contributed by atoms with Crippen LogP contribution in [0.4, 0.5) is 13.2 Å². The zero-order chi connectivity index (χ0) is 11.6. The van der Waals surface area contributed by atoms with Crippen molar-refractivity contribution >= 4 is 11.8 Å². The van der Waals surface area contributed by atoms with E-state index in [0.717, 1.165) is 0 Å². The van der Waals surface area contributed by atoms with Gasteiger partial charge in [0, 0.05) is 26.1 Å². The molecule has 0 saturated carbocycles. The average molecular weight is 224 g/mol. The second-order valence-corrected chi connectivity index (χ2v) is 3.44. The SMILES string of the molecule is CC(=O)NC1CCN(C(=O)C(F)(F)F)C1. The Morgan fingerprint density at radius 2 is 2.00 bits per heavy atom. The Balaban J connectivity index is 2.50. The summed E-state index contributed by atoms with van der Waals surface area (Å²) in [6.45, 7) is 1.25. The molecule has 4 nitrogen and oxygen atoms in total. The summed E-state index contributed by atoms with van der Waals surface area (Å²) in [6.07, 6.45) is -4.47. The molecule has 2 amide bonds. The van der Waals surface area contributed by atoms with E-state index in [1.807, 2.05) is 0 Å². The molecular formula is C8H11F3N2O2. The van der Waals surface area contributed by atoms with Gasteiger partial charge in [0.25, 0.3) is 0 Å². The second-order valence-electron chi connectivity index (χ2n) is 3.44. The number of alkyl halides is 3. The molecular weight excluding hydrogens is 213 g/mol. The van der Waals surface area contributed by atoms with Crippen LogP contribution in [-0.2, 0) is 9.59 Å². The number of carbonyl (C=O) groups excluding carboxylic acids is 2. The zero-order valence-corrected chi connectivity index (χ0v) is 8.10. The van der Waals surface area contributed by atoms with Gasteiger partial charge < -0.3 is 10.2 Å². The van der Waals surface area contributed by atoms with Gasteiger partial charge in [-0.15, -0.1) is 0 Å². The minimum Gasteiger partial charge on any atom is -0.352 e. The standard InChI is InChI=1S/C8H11F3N2O2/c1-5(14)12-6-2-3-13(4-6)7(15)8(9,10)11/h6H,2-4H2,1H3,(H,12,14). The van der Waals surface area contributed by atoms with E-state index in [4.69, 9.17) is 0 Å². The van der Waals surface area contributed by atoms with E-state index in [0.29, 0.717) is 11.3 Å². The highest BCUT2D eigenvalue weighted by Crippen LogP contribution is 2.21. The molecule has 1 unspecified atom stereocenters. The van der Waals surface area contributed by atoms with Crippen molar-refractivity contribution in [2.75, 3.05) is 13.1 Å². The molecule has 1 aliphatic heterocycles. The van der Waals surface area contributed by atoms with Crippen molar-refractivity contribution in [2.24, 2.45) is 0 Å². The molecule has 15 heavy (non-hydrogen) atoms. The van der Waals surface area contributed by atoms with E-state index >= 15 is 0 Å². The number of nitrogens with one attached hydrogen (secondary N) is 1. The molecule has 1 aliphatic rings. The largest absolute Gasteiger partial charge is 0.471 e. The fraction of sp³-hybridized carbons (Fsp3) is 0.750. The lowest BCUT2D eigenvalue weighted by atomic mass is 10.3. The van der Waals surface area contributed by atoms with Gasteiger partial charge in [-0.2, -0.15) is 13.2 Å². The summed E-state index contributed by atoms with van der Waals surface area (Å²) in [7, 11) is 0. The predicted octanol–water partition coefficient (Wildman–Crippen LogP) is 0.286. The highest BCUT2D eigenvalue weighted by molar-refractivity contribution is 5.82. The van der Waals surface area contributed by atoms with Crippen LogP contribution in [0.5, 0.6) is 0 Å². The van der Waals surface area contributed by atoms with Crippen LogP contribution in [0.3, 0.4) is 0 Å². The first kappa shape index (κ1) is 11.8. The molecule has 0 aliphatic carbocycles. The highest BCUT2D eigenvalue weighted by Gasteiger charge is 2.44. The van der Waals surface area contributed by atoms with E-state index in [1.165, 1.54) is 6.92 Å². The predicted molar refractivity (Wildman–Crippen MR) is 44.9 cm³/mol. The number of rotatable bonds is 1. The van der Waals surface area contributed by atoms with Crippen LogP contribution in [0.15, 0.2) is 0 Å². The minimum absolute atomic E-state index is 0.0310. The molecule has 86 valence electrons. The highest BCUT2D eigenvalue weighted by atomic mass is 19.4. The Hall–Kier alpha value is -1.27. The molecule has 0 bridgehead atoms. The monoisotopic (exact) mass is 224 g/mol. The number of nitrogens with zero attached hydrogens (tertiary/aromatic N) is 1. The van der Waals surface area contributed by atoms with E-state index < -0.39 is 12.1 Å². The maximum absolute atomic E-state index is 12.0. The Morgan fingerprint density at radius 1 is 1.40 bits per heavy atom. The molecule has 7 heteroatoms. The zero-order valence-electron chi connectivity index (χ0n) is 8.10. The molecule has 1 rings (SSSR count). The first-order chi connectivity index (χ1) is 6.80. The van der Waals surface area contributed by atoms with Crippen LogP contribution in [0.1, 0.15) is 13.3 Å². The first-order valence-corrected chi connectivity index (χ1v) is 4.44. The van der Waals surface area contributed by atoms with Crippen molar-refractivity contribution in [1.82, 2.24) is 10.2 Å². The summed E-state index contributed by atoms with van der Waals surface area (Å²) in [4.78, 5) is 22.1. The first-order valence-electron chi connectivity index (χ1n) is 4.44. The molecule has 1 saturated heterocycles. The Labute approximate surface area is 84.4 Å². The number of halogens is 3. The van der Waals surface area contributed by atoms with Gasteiger partial charge >= 0.3 is 12.1 Å². The van der Waals surface area contributed by atoms with Crippen LogP contribution < -0.4 is 5.32 Å². The summed E-state index contributed by atoms with van der Waals surface area (Å²) in [5, 5.41) is 2.48. The summed E-state index contributed by atoms with van der Waals surface area (Å²) >= 11 is 0. The Morgan fingerprint density at radius 3 is 2.47 bits per heavy atom. The van der Waals surface area contributed by atoms with Crippen LogP contribution in [-0.4, -0.2) is 42.0 Å². The van der Waals surface area contributed by atoms with Gasteiger partial charge in [-0.1, -0.05) is 0 Å². The number of likely N-dealkylation sites (tertiary alicyclic amines) is 1. The van der Waals surface area contributed by atoms with Crippen LogP contribution in [0.2, 0.25) is 0 Å². The van der Waals surface area contributed by atoms with Crippen molar-refractivity contribution < 1.29 is 22.8 Å². The third-order valence-corrected chi connectivity index (χ3v) is 2.13. The molecule has 0 aromatic rings. The van der Waals surface area contributed by atoms with Gasteiger partial charge in [-0.05, 0) is 6.42 Å². The maximum Gasteiger partial charge on any atom is 0.471 e.